The molecule has 0 radical (unpaired) electrons. The molecule has 0 spiro atoms. The first-order chi connectivity index (χ1) is 8.32. The van der Waals surface area contributed by atoms with Crippen LogP contribution in [0.4, 0.5) is 5.82 Å². The highest BCUT2D eigenvalue weighted by atomic mass is 79.9. The van der Waals surface area contributed by atoms with Crippen LogP contribution >= 0.6 is 15.9 Å². The van der Waals surface area contributed by atoms with Crippen molar-refractivity contribution in [1.82, 2.24) is 10.3 Å². The summed E-state index contributed by atoms with van der Waals surface area (Å²) in [7, 11) is 0. The molecular formula is C11H15BrN4O2. The second kappa shape index (κ2) is 5.81. The number of nitrogens with one attached hydrogen (secondary N) is 1. The van der Waals surface area contributed by atoms with Crippen molar-refractivity contribution in [2.75, 3.05) is 5.73 Å². The highest BCUT2D eigenvalue weighted by Crippen LogP contribution is 2.17. The van der Waals surface area contributed by atoms with Gasteiger partial charge in [-0.1, -0.05) is 13.8 Å². The Hall–Kier alpha value is -1.63. The van der Waals surface area contributed by atoms with Crippen LogP contribution in [-0.4, -0.2) is 22.8 Å². The Morgan fingerprint density at radius 1 is 1.44 bits per heavy atom. The second-order valence-corrected chi connectivity index (χ2v) is 5.04. The van der Waals surface area contributed by atoms with E-state index in [2.05, 4.69) is 26.2 Å². The molecule has 1 rings (SSSR count). The maximum absolute atomic E-state index is 12.0. The average Bonchev–Trinajstić information content (AvgIpc) is 2.28. The molecule has 1 aromatic heterocycles. The third kappa shape index (κ3) is 3.43. The minimum atomic E-state index is -0.723. The zero-order valence-electron chi connectivity index (χ0n) is 10.1. The van der Waals surface area contributed by atoms with E-state index in [-0.39, 0.29) is 11.7 Å². The quantitative estimate of drug-likeness (QED) is 0.758. The zero-order valence-corrected chi connectivity index (χ0v) is 11.7. The summed E-state index contributed by atoms with van der Waals surface area (Å²) in [6.07, 6.45) is 1.43. The van der Waals surface area contributed by atoms with E-state index in [4.69, 9.17) is 11.5 Å². The first-order valence-corrected chi connectivity index (χ1v) is 6.13. The van der Waals surface area contributed by atoms with E-state index in [1.165, 1.54) is 12.3 Å². The van der Waals surface area contributed by atoms with E-state index in [0.29, 0.717) is 10.0 Å². The summed E-state index contributed by atoms with van der Waals surface area (Å²) in [6, 6.07) is 0.705. The zero-order chi connectivity index (χ0) is 13.9. The van der Waals surface area contributed by atoms with Gasteiger partial charge in [0, 0.05) is 10.7 Å². The number of carbonyl (C=O) groups is 2. The Morgan fingerprint density at radius 3 is 2.56 bits per heavy atom. The molecule has 0 aliphatic carbocycles. The Kier molecular flexibility index (Phi) is 4.66. The number of nitrogen functional groups attached to an aromatic ring is 1. The van der Waals surface area contributed by atoms with E-state index in [0.717, 1.165) is 0 Å². The number of carbonyl (C=O) groups excluding carboxylic acids is 2. The number of amides is 2. The Morgan fingerprint density at radius 2 is 2.06 bits per heavy atom. The van der Waals surface area contributed by atoms with Gasteiger partial charge < -0.3 is 16.8 Å². The van der Waals surface area contributed by atoms with Crippen LogP contribution in [0, 0.1) is 5.92 Å². The minimum absolute atomic E-state index is 0.0931. The van der Waals surface area contributed by atoms with Crippen LogP contribution in [0.1, 0.15) is 24.2 Å². The molecule has 0 bridgehead atoms. The molecule has 0 aliphatic heterocycles. The summed E-state index contributed by atoms with van der Waals surface area (Å²) in [4.78, 5) is 27.1. The molecule has 0 aromatic carbocycles. The fourth-order valence-corrected chi connectivity index (χ4v) is 1.81. The van der Waals surface area contributed by atoms with E-state index >= 15 is 0 Å². The lowest BCUT2D eigenvalue weighted by atomic mass is 10.0. The lowest BCUT2D eigenvalue weighted by Gasteiger charge is -2.19. The molecule has 1 atom stereocenters. The topological polar surface area (TPSA) is 111 Å². The molecule has 1 unspecified atom stereocenters. The predicted molar refractivity (Wildman–Crippen MR) is 71.6 cm³/mol. The number of aromatic nitrogens is 1. The molecule has 1 aromatic rings. The van der Waals surface area contributed by atoms with Gasteiger partial charge in [0.05, 0.1) is 5.56 Å². The van der Waals surface area contributed by atoms with Crippen molar-refractivity contribution < 1.29 is 9.59 Å². The van der Waals surface area contributed by atoms with Gasteiger partial charge >= 0.3 is 0 Å². The number of primary amides is 1. The Balaban J connectivity index is 2.94. The number of halogens is 1. The number of hydrogen-bond acceptors (Lipinski definition) is 4. The van der Waals surface area contributed by atoms with Crippen molar-refractivity contribution in [2.24, 2.45) is 11.7 Å². The normalized spacial score (nSPS) is 12.2. The average molecular weight is 315 g/mol. The maximum Gasteiger partial charge on any atom is 0.253 e. The molecule has 5 N–H and O–H groups in total. The summed E-state index contributed by atoms with van der Waals surface area (Å²) in [6.45, 7) is 3.59. The summed E-state index contributed by atoms with van der Waals surface area (Å²) in [5.41, 5.74) is 11.1. The number of nitrogens with zero attached hydrogens (tertiary/aromatic N) is 1. The van der Waals surface area contributed by atoms with Crippen molar-refractivity contribution in [3.05, 3.63) is 22.3 Å². The molecule has 0 aliphatic rings. The van der Waals surface area contributed by atoms with E-state index in [1.807, 2.05) is 0 Å². The first-order valence-electron chi connectivity index (χ1n) is 5.34. The molecule has 0 fully saturated rings. The summed E-state index contributed by atoms with van der Waals surface area (Å²) >= 11 is 3.20. The van der Waals surface area contributed by atoms with Crippen molar-refractivity contribution in [3.8, 4) is 0 Å². The van der Waals surface area contributed by atoms with Crippen LogP contribution in [0.25, 0.3) is 0 Å². The summed E-state index contributed by atoms with van der Waals surface area (Å²) in [5.74, 6) is -0.863. The maximum atomic E-state index is 12.0. The SMILES string of the molecule is CC(C)C(NC(=O)c1cc(N)ncc1Br)C(N)=O. The van der Waals surface area contributed by atoms with Crippen LogP contribution in [0.5, 0.6) is 0 Å². The van der Waals surface area contributed by atoms with Gasteiger partial charge in [0.25, 0.3) is 5.91 Å². The molecular weight excluding hydrogens is 300 g/mol. The second-order valence-electron chi connectivity index (χ2n) is 4.19. The first kappa shape index (κ1) is 14.4. The molecule has 0 saturated carbocycles. The molecule has 98 valence electrons. The highest BCUT2D eigenvalue weighted by Gasteiger charge is 2.23. The third-order valence-corrected chi connectivity index (χ3v) is 3.01. The van der Waals surface area contributed by atoms with Crippen LogP contribution in [-0.2, 0) is 4.79 Å². The molecule has 1 heterocycles. The lowest BCUT2D eigenvalue weighted by molar-refractivity contribution is -0.120. The van der Waals surface area contributed by atoms with Gasteiger partial charge in [-0.2, -0.15) is 0 Å². The van der Waals surface area contributed by atoms with Gasteiger partial charge in [-0.25, -0.2) is 4.98 Å². The van der Waals surface area contributed by atoms with Crippen molar-refractivity contribution >= 4 is 33.6 Å². The fraction of sp³-hybridized carbons (Fsp3) is 0.364. The Labute approximate surface area is 113 Å². The molecule has 6 nitrogen and oxygen atoms in total. The smallest absolute Gasteiger partial charge is 0.253 e. The minimum Gasteiger partial charge on any atom is -0.384 e. The van der Waals surface area contributed by atoms with E-state index in [9.17, 15) is 9.59 Å². The molecule has 2 amide bonds. The number of anilines is 1. The summed E-state index contributed by atoms with van der Waals surface area (Å²) < 4.78 is 0.501. The van der Waals surface area contributed by atoms with Gasteiger partial charge in [-0.05, 0) is 27.9 Å². The number of hydrogen-bond donors (Lipinski definition) is 3. The van der Waals surface area contributed by atoms with Crippen molar-refractivity contribution in [1.29, 1.82) is 0 Å². The largest absolute Gasteiger partial charge is 0.384 e. The number of nitrogens with two attached hydrogens (primary N) is 2. The van der Waals surface area contributed by atoms with Crippen LogP contribution in [0.3, 0.4) is 0 Å². The van der Waals surface area contributed by atoms with Gasteiger partial charge in [0.15, 0.2) is 0 Å². The summed E-state index contributed by atoms with van der Waals surface area (Å²) in [5, 5.41) is 2.57. The molecule has 0 saturated heterocycles. The van der Waals surface area contributed by atoms with Crippen LogP contribution < -0.4 is 16.8 Å². The van der Waals surface area contributed by atoms with Gasteiger partial charge in [0.1, 0.15) is 11.9 Å². The molecule has 7 heteroatoms. The highest BCUT2D eigenvalue weighted by molar-refractivity contribution is 9.10. The van der Waals surface area contributed by atoms with Gasteiger partial charge in [-0.3, -0.25) is 9.59 Å². The van der Waals surface area contributed by atoms with E-state index in [1.54, 1.807) is 13.8 Å². The monoisotopic (exact) mass is 314 g/mol. The van der Waals surface area contributed by atoms with Crippen molar-refractivity contribution in [3.63, 3.8) is 0 Å². The number of pyridine rings is 1. The van der Waals surface area contributed by atoms with Gasteiger partial charge in [-0.15, -0.1) is 0 Å². The van der Waals surface area contributed by atoms with E-state index < -0.39 is 17.9 Å². The lowest BCUT2D eigenvalue weighted by Crippen LogP contribution is -2.47. The van der Waals surface area contributed by atoms with Crippen LogP contribution in [0.2, 0.25) is 0 Å². The van der Waals surface area contributed by atoms with Crippen LogP contribution in [0.15, 0.2) is 16.7 Å². The predicted octanol–water partition coefficient (Wildman–Crippen LogP) is 0.666. The van der Waals surface area contributed by atoms with Gasteiger partial charge in [0.2, 0.25) is 5.91 Å². The molecule has 18 heavy (non-hydrogen) atoms. The fourth-order valence-electron chi connectivity index (χ4n) is 1.41. The third-order valence-electron chi connectivity index (χ3n) is 2.38. The Bertz CT molecular complexity index is 476. The van der Waals surface area contributed by atoms with Crippen molar-refractivity contribution in [2.45, 2.75) is 19.9 Å². The standard InChI is InChI=1S/C11H15BrN4O2/c1-5(2)9(10(14)17)16-11(18)6-3-8(13)15-4-7(6)12/h3-5,9H,1-2H3,(H2,13,15)(H2,14,17)(H,16,18). The number of rotatable bonds is 4.